The molecule has 0 saturated carbocycles. The quantitative estimate of drug-likeness (QED) is 0.612. The van der Waals surface area contributed by atoms with Crippen LogP contribution in [-0.2, 0) is 12.0 Å². The third-order valence-corrected chi connectivity index (χ3v) is 5.99. The summed E-state index contributed by atoms with van der Waals surface area (Å²) in [5.74, 6) is -0.415. The van der Waals surface area contributed by atoms with E-state index in [4.69, 9.17) is 14.2 Å². The van der Waals surface area contributed by atoms with E-state index in [1.165, 1.54) is 18.2 Å². The van der Waals surface area contributed by atoms with Crippen molar-refractivity contribution in [3.63, 3.8) is 0 Å². The highest BCUT2D eigenvalue weighted by molar-refractivity contribution is 6.10. The van der Waals surface area contributed by atoms with Crippen LogP contribution >= 0.6 is 0 Å². The molecule has 2 aromatic rings. The number of aromatic hydroxyl groups is 2. The summed E-state index contributed by atoms with van der Waals surface area (Å²) < 4.78 is 18.0. The van der Waals surface area contributed by atoms with E-state index in [0.717, 1.165) is 5.57 Å². The molecule has 5 rings (SSSR count). The van der Waals surface area contributed by atoms with Gasteiger partial charge in [0.25, 0.3) is 6.29 Å². The normalized spacial score (nSPS) is 23.7. The summed E-state index contributed by atoms with van der Waals surface area (Å²) in [7, 11) is 0. The molecule has 166 valence electrons. The van der Waals surface area contributed by atoms with Gasteiger partial charge in [-0.25, -0.2) is 0 Å². The second kappa shape index (κ2) is 6.53. The van der Waals surface area contributed by atoms with Crippen molar-refractivity contribution in [3.8, 4) is 28.7 Å². The first-order valence-corrected chi connectivity index (χ1v) is 10.4. The molecule has 7 heteroatoms. The molecule has 32 heavy (non-hydrogen) atoms. The van der Waals surface area contributed by atoms with Gasteiger partial charge in [-0.1, -0.05) is 11.6 Å². The number of ether oxygens (including phenoxy) is 3. The maximum atomic E-state index is 13.7. The number of aliphatic hydroxyl groups is 1. The van der Waals surface area contributed by atoms with Crippen molar-refractivity contribution in [1.29, 1.82) is 0 Å². The lowest BCUT2D eigenvalue weighted by molar-refractivity contribution is -0.119. The molecule has 0 bridgehead atoms. The van der Waals surface area contributed by atoms with Crippen molar-refractivity contribution in [2.24, 2.45) is 0 Å². The Morgan fingerprint density at radius 2 is 1.91 bits per heavy atom. The second-order valence-electron chi connectivity index (χ2n) is 9.14. The highest BCUT2D eigenvalue weighted by Gasteiger charge is 2.60. The summed E-state index contributed by atoms with van der Waals surface area (Å²) in [4.78, 5) is 13.7. The van der Waals surface area contributed by atoms with Crippen LogP contribution in [0.4, 0.5) is 0 Å². The molecule has 0 aromatic heterocycles. The van der Waals surface area contributed by atoms with Crippen LogP contribution in [-0.4, -0.2) is 33.0 Å². The van der Waals surface area contributed by atoms with Gasteiger partial charge in [-0.2, -0.15) is 0 Å². The number of phenols is 2. The Kier molecular flexibility index (Phi) is 4.17. The van der Waals surface area contributed by atoms with Gasteiger partial charge < -0.3 is 29.5 Å². The van der Waals surface area contributed by atoms with Gasteiger partial charge in [0.05, 0.1) is 5.56 Å². The van der Waals surface area contributed by atoms with E-state index in [9.17, 15) is 20.1 Å². The molecule has 2 aromatic carbocycles. The first-order chi connectivity index (χ1) is 15.0. The Labute approximate surface area is 185 Å². The first-order valence-electron chi connectivity index (χ1n) is 10.4. The minimum Gasteiger partial charge on any atom is -0.508 e. The lowest BCUT2D eigenvalue weighted by atomic mass is 9.81. The van der Waals surface area contributed by atoms with E-state index in [0.29, 0.717) is 23.3 Å². The van der Waals surface area contributed by atoms with E-state index in [2.05, 4.69) is 0 Å². The van der Waals surface area contributed by atoms with Crippen molar-refractivity contribution >= 4 is 11.9 Å². The molecule has 0 radical (unpaired) electrons. The van der Waals surface area contributed by atoms with E-state index in [-0.39, 0.29) is 34.1 Å². The van der Waals surface area contributed by atoms with E-state index in [1.807, 2.05) is 33.8 Å². The van der Waals surface area contributed by atoms with Crippen LogP contribution in [0, 0.1) is 0 Å². The molecule has 3 aliphatic heterocycles. The van der Waals surface area contributed by atoms with Gasteiger partial charge in [0, 0.05) is 17.2 Å². The fourth-order valence-corrected chi connectivity index (χ4v) is 4.34. The third kappa shape index (κ3) is 2.74. The Balaban J connectivity index is 1.76. The smallest absolute Gasteiger partial charge is 0.281 e. The predicted molar refractivity (Wildman–Crippen MR) is 116 cm³/mol. The van der Waals surface area contributed by atoms with Gasteiger partial charge in [0.1, 0.15) is 39.9 Å². The van der Waals surface area contributed by atoms with E-state index in [1.54, 1.807) is 12.2 Å². The third-order valence-electron chi connectivity index (χ3n) is 5.99. The summed E-state index contributed by atoms with van der Waals surface area (Å²) in [5.41, 5.74) is -0.708. The summed E-state index contributed by atoms with van der Waals surface area (Å²) in [6.07, 6.45) is 4.52. The number of Topliss-reactive ketones (excluding diaryl/α,β-unsaturated/α-hetero) is 1. The number of allylic oxidation sites excluding steroid dienone is 2. The summed E-state index contributed by atoms with van der Waals surface area (Å²) in [5, 5.41) is 32.3. The lowest BCUT2D eigenvalue weighted by Crippen LogP contribution is -2.52. The zero-order chi connectivity index (χ0) is 23.0. The Hall–Kier alpha value is -3.45. The summed E-state index contributed by atoms with van der Waals surface area (Å²) >= 11 is 0. The van der Waals surface area contributed by atoms with Gasteiger partial charge in [-0.15, -0.1) is 0 Å². The van der Waals surface area contributed by atoms with Crippen LogP contribution in [0.25, 0.3) is 6.08 Å². The number of phenolic OH excluding ortho intramolecular Hbond substituents is 2. The van der Waals surface area contributed by atoms with Crippen LogP contribution < -0.4 is 14.2 Å². The molecule has 3 aliphatic rings. The minimum atomic E-state index is -2.16. The molecule has 3 N–H and O–H groups in total. The van der Waals surface area contributed by atoms with Crippen molar-refractivity contribution < 1.29 is 34.3 Å². The standard InChI is InChI=1S/C25H24O7/c1-12(2)5-7-15-20-14(9-10-24(3,4)32-20)19(27)18-21(15)31-23-25(29,22(18)28)16-8-6-13(26)11-17(16)30-23/h5-6,8-11,23,26-27,29H,7H2,1-4H3/t23-,25+/m0/s1. The molecule has 0 fully saturated rings. The van der Waals surface area contributed by atoms with E-state index >= 15 is 0 Å². The maximum absolute atomic E-state index is 13.7. The molecule has 0 saturated heterocycles. The Morgan fingerprint density at radius 1 is 1.16 bits per heavy atom. The minimum absolute atomic E-state index is 0.0701. The summed E-state index contributed by atoms with van der Waals surface area (Å²) in [6.45, 7) is 7.69. The molecule has 0 unspecified atom stereocenters. The topological polar surface area (TPSA) is 105 Å². The largest absolute Gasteiger partial charge is 0.508 e. The van der Waals surface area contributed by atoms with Crippen molar-refractivity contribution in [1.82, 2.24) is 0 Å². The SMILES string of the molecule is CC(C)=CCc1c2c(c(O)c3c1O[C@@H]1Oc4cc(O)ccc4[C@@]1(O)C3=O)C=CC(C)(C)O2. The van der Waals surface area contributed by atoms with Gasteiger partial charge in [0.15, 0.2) is 0 Å². The highest BCUT2D eigenvalue weighted by Crippen LogP contribution is 2.55. The number of carbonyl (C=O) groups is 1. The average molecular weight is 436 g/mol. The number of benzene rings is 2. The molecule has 2 atom stereocenters. The molecular formula is C25H24O7. The van der Waals surface area contributed by atoms with Gasteiger partial charge in [-0.3, -0.25) is 4.79 Å². The van der Waals surface area contributed by atoms with Crippen molar-refractivity contribution in [3.05, 3.63) is 58.2 Å². The fourth-order valence-electron chi connectivity index (χ4n) is 4.34. The van der Waals surface area contributed by atoms with E-state index < -0.39 is 23.3 Å². The van der Waals surface area contributed by atoms with Crippen LogP contribution in [0.3, 0.4) is 0 Å². The Bertz CT molecular complexity index is 1230. The molecule has 7 nitrogen and oxygen atoms in total. The van der Waals surface area contributed by atoms with Gasteiger partial charge in [-0.05, 0) is 58.4 Å². The number of hydrogen-bond donors (Lipinski definition) is 3. The predicted octanol–water partition coefficient (Wildman–Crippen LogP) is 3.97. The fraction of sp³-hybridized carbons (Fsp3) is 0.320. The summed E-state index contributed by atoms with van der Waals surface area (Å²) in [6, 6.07) is 4.09. The number of ketones is 1. The highest BCUT2D eigenvalue weighted by atomic mass is 16.7. The second-order valence-corrected chi connectivity index (χ2v) is 9.14. The van der Waals surface area contributed by atoms with Crippen LogP contribution in [0.15, 0.2) is 35.9 Å². The number of rotatable bonds is 2. The molecule has 0 amide bonds. The monoisotopic (exact) mass is 436 g/mol. The molecule has 0 aliphatic carbocycles. The van der Waals surface area contributed by atoms with Crippen LogP contribution in [0.1, 0.15) is 54.7 Å². The van der Waals surface area contributed by atoms with Crippen molar-refractivity contribution in [2.45, 2.75) is 51.6 Å². The van der Waals surface area contributed by atoms with Crippen molar-refractivity contribution in [2.75, 3.05) is 0 Å². The Morgan fingerprint density at radius 3 is 2.62 bits per heavy atom. The number of hydrogen-bond acceptors (Lipinski definition) is 7. The van der Waals surface area contributed by atoms with Crippen LogP contribution in [0.2, 0.25) is 0 Å². The molecular weight excluding hydrogens is 412 g/mol. The molecule has 0 spiro atoms. The zero-order valence-corrected chi connectivity index (χ0v) is 18.2. The lowest BCUT2D eigenvalue weighted by Gasteiger charge is -2.37. The van der Waals surface area contributed by atoms with Crippen LogP contribution in [0.5, 0.6) is 28.7 Å². The zero-order valence-electron chi connectivity index (χ0n) is 18.2. The van der Waals surface area contributed by atoms with Gasteiger partial charge in [0.2, 0.25) is 11.4 Å². The molecule has 3 heterocycles. The number of fused-ring (bicyclic) bond motifs is 5. The average Bonchev–Trinajstić information content (AvgIpc) is 2.99. The van der Waals surface area contributed by atoms with Gasteiger partial charge >= 0.3 is 0 Å². The number of carbonyl (C=O) groups excluding carboxylic acids is 1. The first kappa shape index (κ1) is 20.5. The maximum Gasteiger partial charge on any atom is 0.281 e.